The number of aromatic nitrogens is 6. The molecule has 11 heteroatoms. The van der Waals surface area contributed by atoms with Crippen LogP contribution in [0.1, 0.15) is 29.1 Å². The molecule has 1 aliphatic rings. The standard InChI is InChI=1S/C18H18BrN7O2S/c1-24-15-12(16(27)25(2)18(24)28)23-17(19)26(15)7-10-21-13(20)11-8-5-3-4-6-9(8)29-14(11)22-10/h3-7H2,1-2H3,(H2,20,21,22). The van der Waals surface area contributed by atoms with Crippen molar-refractivity contribution in [2.45, 2.75) is 32.2 Å². The Morgan fingerprint density at radius 2 is 1.86 bits per heavy atom. The van der Waals surface area contributed by atoms with Crippen LogP contribution in [-0.4, -0.2) is 28.7 Å². The highest BCUT2D eigenvalue weighted by molar-refractivity contribution is 9.10. The molecule has 4 aromatic rings. The number of thiophene rings is 1. The van der Waals surface area contributed by atoms with E-state index in [9.17, 15) is 9.59 Å². The van der Waals surface area contributed by atoms with E-state index < -0.39 is 11.2 Å². The van der Waals surface area contributed by atoms with Crippen LogP contribution in [0.15, 0.2) is 14.3 Å². The van der Waals surface area contributed by atoms with Crippen LogP contribution in [0.3, 0.4) is 0 Å². The molecule has 4 heterocycles. The third kappa shape index (κ3) is 2.67. The van der Waals surface area contributed by atoms with Crippen LogP contribution in [0, 0.1) is 0 Å². The van der Waals surface area contributed by atoms with Crippen molar-refractivity contribution in [3.05, 3.63) is 41.8 Å². The van der Waals surface area contributed by atoms with Crippen LogP contribution in [0.5, 0.6) is 0 Å². The smallest absolute Gasteiger partial charge is 0.332 e. The Bertz CT molecular complexity index is 1430. The van der Waals surface area contributed by atoms with Crippen LogP contribution in [0.2, 0.25) is 0 Å². The minimum Gasteiger partial charge on any atom is -0.383 e. The molecule has 0 atom stereocenters. The summed E-state index contributed by atoms with van der Waals surface area (Å²) in [6.07, 6.45) is 4.44. The molecule has 0 saturated heterocycles. The van der Waals surface area contributed by atoms with Crippen molar-refractivity contribution < 1.29 is 0 Å². The summed E-state index contributed by atoms with van der Waals surface area (Å²) in [7, 11) is 3.05. The lowest BCUT2D eigenvalue weighted by atomic mass is 9.97. The van der Waals surface area contributed by atoms with Gasteiger partial charge in [-0.1, -0.05) is 0 Å². The highest BCUT2D eigenvalue weighted by Crippen LogP contribution is 2.37. The molecule has 2 N–H and O–H groups in total. The van der Waals surface area contributed by atoms with E-state index in [0.29, 0.717) is 22.0 Å². The van der Waals surface area contributed by atoms with E-state index in [1.165, 1.54) is 28.5 Å². The maximum absolute atomic E-state index is 12.5. The average Bonchev–Trinajstić information content (AvgIpc) is 3.23. The van der Waals surface area contributed by atoms with Gasteiger partial charge in [0, 0.05) is 19.0 Å². The van der Waals surface area contributed by atoms with E-state index >= 15 is 0 Å². The van der Waals surface area contributed by atoms with E-state index in [1.54, 1.807) is 23.0 Å². The highest BCUT2D eigenvalue weighted by Gasteiger charge is 2.22. The predicted octanol–water partition coefficient (Wildman–Crippen LogP) is 1.71. The number of fused-ring (bicyclic) bond motifs is 4. The number of imidazole rings is 1. The van der Waals surface area contributed by atoms with Crippen LogP contribution in [0.4, 0.5) is 5.82 Å². The Morgan fingerprint density at radius 1 is 1.10 bits per heavy atom. The van der Waals surface area contributed by atoms with E-state index in [0.717, 1.165) is 34.0 Å². The number of hydrogen-bond donors (Lipinski definition) is 1. The Labute approximate surface area is 177 Å². The van der Waals surface area contributed by atoms with E-state index in [2.05, 4.69) is 25.9 Å². The summed E-state index contributed by atoms with van der Waals surface area (Å²) in [5.41, 5.74) is 7.37. The molecule has 150 valence electrons. The average molecular weight is 476 g/mol. The number of nitrogen functional groups attached to an aromatic ring is 1. The van der Waals surface area contributed by atoms with Crippen LogP contribution >= 0.6 is 27.3 Å². The first-order chi connectivity index (χ1) is 13.9. The molecule has 0 amide bonds. The summed E-state index contributed by atoms with van der Waals surface area (Å²) in [6, 6.07) is 0. The van der Waals surface area contributed by atoms with Crippen molar-refractivity contribution in [1.82, 2.24) is 28.7 Å². The third-order valence-electron chi connectivity index (χ3n) is 5.48. The second-order valence-electron chi connectivity index (χ2n) is 7.26. The van der Waals surface area contributed by atoms with Crippen molar-refractivity contribution in [1.29, 1.82) is 0 Å². The van der Waals surface area contributed by atoms with Gasteiger partial charge in [-0.05, 0) is 47.2 Å². The van der Waals surface area contributed by atoms with Gasteiger partial charge in [0.15, 0.2) is 21.7 Å². The minimum atomic E-state index is -0.440. The number of nitrogens with zero attached hydrogens (tertiary/aromatic N) is 6. The van der Waals surface area contributed by atoms with Crippen LogP contribution in [0.25, 0.3) is 21.4 Å². The zero-order chi connectivity index (χ0) is 20.4. The molecular formula is C18H18BrN7O2S. The van der Waals surface area contributed by atoms with E-state index in [1.807, 2.05) is 0 Å². The SMILES string of the molecule is Cn1c(=O)c2nc(Br)n(Cc3nc(N)c4c5c(sc4n3)CCCC5)c2n(C)c1=O. The first kappa shape index (κ1) is 18.5. The van der Waals surface area contributed by atoms with Crippen molar-refractivity contribution in [3.63, 3.8) is 0 Å². The van der Waals surface area contributed by atoms with Crippen molar-refractivity contribution >= 4 is 54.5 Å². The van der Waals surface area contributed by atoms with Gasteiger partial charge in [0.05, 0.1) is 11.9 Å². The number of hydrogen-bond acceptors (Lipinski definition) is 7. The van der Waals surface area contributed by atoms with Gasteiger partial charge in [-0.15, -0.1) is 11.3 Å². The first-order valence-electron chi connectivity index (χ1n) is 9.25. The van der Waals surface area contributed by atoms with Gasteiger partial charge in [-0.2, -0.15) is 0 Å². The second-order valence-corrected chi connectivity index (χ2v) is 9.05. The van der Waals surface area contributed by atoms with Gasteiger partial charge < -0.3 is 5.73 Å². The Kier molecular flexibility index (Phi) is 4.14. The van der Waals surface area contributed by atoms with Gasteiger partial charge in [0.2, 0.25) is 0 Å². The molecule has 0 aliphatic heterocycles. The van der Waals surface area contributed by atoms with Crippen LogP contribution < -0.4 is 17.0 Å². The number of rotatable bonds is 2. The van der Waals surface area contributed by atoms with Crippen molar-refractivity contribution in [2.75, 3.05) is 5.73 Å². The molecule has 0 aromatic carbocycles. The van der Waals surface area contributed by atoms with Gasteiger partial charge >= 0.3 is 5.69 Å². The lowest BCUT2D eigenvalue weighted by Crippen LogP contribution is -2.37. The molecule has 29 heavy (non-hydrogen) atoms. The van der Waals surface area contributed by atoms with Gasteiger partial charge in [-0.25, -0.2) is 19.7 Å². The summed E-state index contributed by atoms with van der Waals surface area (Å²) < 4.78 is 4.59. The molecule has 9 nitrogen and oxygen atoms in total. The van der Waals surface area contributed by atoms with Crippen LogP contribution in [-0.2, 0) is 33.5 Å². The maximum atomic E-state index is 12.5. The number of halogens is 1. The van der Waals surface area contributed by atoms with E-state index in [4.69, 9.17) is 10.7 Å². The largest absolute Gasteiger partial charge is 0.383 e. The maximum Gasteiger partial charge on any atom is 0.332 e. The lowest BCUT2D eigenvalue weighted by molar-refractivity contribution is 0.676. The number of anilines is 1. The molecule has 4 aromatic heterocycles. The van der Waals surface area contributed by atoms with E-state index in [-0.39, 0.29) is 12.1 Å². The summed E-state index contributed by atoms with van der Waals surface area (Å²) in [5.74, 6) is 0.997. The zero-order valence-electron chi connectivity index (χ0n) is 15.9. The molecule has 0 spiro atoms. The molecule has 0 saturated carbocycles. The molecule has 0 radical (unpaired) electrons. The molecule has 1 aliphatic carbocycles. The van der Waals surface area contributed by atoms with Gasteiger partial charge in [-0.3, -0.25) is 18.5 Å². The molecule has 0 bridgehead atoms. The van der Waals surface area contributed by atoms with Gasteiger partial charge in [0.1, 0.15) is 10.6 Å². The van der Waals surface area contributed by atoms with Crippen molar-refractivity contribution in [2.24, 2.45) is 14.1 Å². The third-order valence-corrected chi connectivity index (χ3v) is 7.27. The van der Waals surface area contributed by atoms with Crippen molar-refractivity contribution in [3.8, 4) is 0 Å². The predicted molar refractivity (Wildman–Crippen MR) is 115 cm³/mol. The van der Waals surface area contributed by atoms with Gasteiger partial charge in [0.25, 0.3) is 5.56 Å². The normalized spacial score (nSPS) is 14.0. The summed E-state index contributed by atoms with van der Waals surface area (Å²) in [4.78, 5) is 40.7. The Hall–Kier alpha value is -2.53. The Morgan fingerprint density at radius 3 is 2.66 bits per heavy atom. The summed E-state index contributed by atoms with van der Waals surface area (Å²) >= 11 is 5.09. The molecule has 0 fully saturated rings. The molecule has 5 rings (SSSR count). The fourth-order valence-corrected chi connectivity index (χ4v) is 5.80. The fourth-order valence-electron chi connectivity index (χ4n) is 4.05. The highest BCUT2D eigenvalue weighted by atomic mass is 79.9. The molecule has 0 unspecified atom stereocenters. The number of nitrogens with two attached hydrogens (primary N) is 1. The fraction of sp³-hybridized carbons (Fsp3) is 0.389. The quantitative estimate of drug-likeness (QED) is 0.441. The monoisotopic (exact) mass is 475 g/mol. The topological polar surface area (TPSA) is 114 Å². The lowest BCUT2D eigenvalue weighted by Gasteiger charge is -2.11. The zero-order valence-corrected chi connectivity index (χ0v) is 18.3. The summed E-state index contributed by atoms with van der Waals surface area (Å²) in [5, 5.41) is 0.976. The second kappa shape index (κ2) is 6.49. The molecular weight excluding hydrogens is 458 g/mol. The first-order valence-corrected chi connectivity index (χ1v) is 10.9. The Balaban J connectivity index is 1.69. The number of aryl methyl sites for hydroxylation is 3. The minimum absolute atomic E-state index is 0.210. The summed E-state index contributed by atoms with van der Waals surface area (Å²) in [6.45, 7) is 0.236.